The third-order valence-electron chi connectivity index (χ3n) is 3.35. The van der Waals surface area contributed by atoms with Crippen LogP contribution in [-0.2, 0) is 4.79 Å². The molecule has 2 N–H and O–H groups in total. The quantitative estimate of drug-likeness (QED) is 0.455. The second-order valence-electron chi connectivity index (χ2n) is 5.22. The molecular formula is C17H17N3O5S. The van der Waals surface area contributed by atoms with Crippen LogP contribution in [0.2, 0.25) is 0 Å². The third kappa shape index (κ3) is 5.42. The lowest BCUT2D eigenvalue weighted by molar-refractivity contribution is -0.384. The van der Waals surface area contributed by atoms with E-state index in [4.69, 9.17) is 21.7 Å². The molecule has 2 aromatic rings. The Balaban J connectivity index is 1.84. The minimum Gasteiger partial charge on any atom is -0.497 e. The van der Waals surface area contributed by atoms with Crippen molar-refractivity contribution >= 4 is 34.6 Å². The van der Waals surface area contributed by atoms with Crippen molar-refractivity contribution in [1.29, 1.82) is 0 Å². The van der Waals surface area contributed by atoms with Crippen molar-refractivity contribution in [2.24, 2.45) is 0 Å². The zero-order chi connectivity index (χ0) is 19.1. The number of amides is 1. The molecular weight excluding hydrogens is 358 g/mol. The molecule has 8 nitrogen and oxygen atoms in total. The molecule has 0 unspecified atom stereocenters. The van der Waals surface area contributed by atoms with Gasteiger partial charge < -0.3 is 14.8 Å². The number of benzene rings is 2. The summed E-state index contributed by atoms with van der Waals surface area (Å²) in [6.45, 7) is 1.49. The van der Waals surface area contributed by atoms with E-state index >= 15 is 0 Å². The Bertz CT molecular complexity index is 824. The van der Waals surface area contributed by atoms with Crippen molar-refractivity contribution in [2.45, 2.75) is 6.92 Å². The Morgan fingerprint density at radius 2 is 1.85 bits per heavy atom. The van der Waals surface area contributed by atoms with Gasteiger partial charge in [-0.3, -0.25) is 20.2 Å². The van der Waals surface area contributed by atoms with Gasteiger partial charge in [-0.25, -0.2) is 0 Å². The number of anilines is 1. The number of thiocarbonyl (C=S) groups is 1. The van der Waals surface area contributed by atoms with E-state index in [2.05, 4.69) is 10.6 Å². The van der Waals surface area contributed by atoms with Gasteiger partial charge in [0, 0.05) is 17.8 Å². The molecule has 0 spiro atoms. The first-order valence-electron chi connectivity index (χ1n) is 7.52. The molecule has 0 aliphatic carbocycles. The van der Waals surface area contributed by atoms with E-state index < -0.39 is 10.8 Å². The van der Waals surface area contributed by atoms with Gasteiger partial charge in [-0.05, 0) is 55.0 Å². The van der Waals surface area contributed by atoms with Gasteiger partial charge in [0.1, 0.15) is 11.5 Å². The second kappa shape index (κ2) is 8.77. The van der Waals surface area contributed by atoms with Crippen LogP contribution in [0.25, 0.3) is 0 Å². The van der Waals surface area contributed by atoms with E-state index in [1.165, 1.54) is 18.2 Å². The number of carbonyl (C=O) groups is 1. The molecule has 0 saturated carbocycles. The molecule has 1 amide bonds. The summed E-state index contributed by atoms with van der Waals surface area (Å²) < 4.78 is 10.4. The number of nitro groups is 1. The van der Waals surface area contributed by atoms with Crippen molar-refractivity contribution in [3.05, 3.63) is 58.1 Å². The Kier molecular flexibility index (Phi) is 6.45. The average Bonchev–Trinajstić information content (AvgIpc) is 2.62. The first-order chi connectivity index (χ1) is 12.4. The number of carbonyl (C=O) groups excluding carboxylic acids is 1. The van der Waals surface area contributed by atoms with Crippen LogP contribution in [-0.4, -0.2) is 29.7 Å². The predicted octanol–water partition coefficient (Wildman–Crippen LogP) is 2.80. The smallest absolute Gasteiger partial charge is 0.269 e. The van der Waals surface area contributed by atoms with Crippen LogP contribution in [0, 0.1) is 17.0 Å². The molecule has 0 radical (unpaired) electrons. The maximum absolute atomic E-state index is 11.9. The monoisotopic (exact) mass is 375 g/mol. The van der Waals surface area contributed by atoms with Crippen LogP contribution < -0.4 is 20.1 Å². The lowest BCUT2D eigenvalue weighted by atomic mass is 10.2. The summed E-state index contributed by atoms with van der Waals surface area (Å²) in [6, 6.07) is 11.1. The van der Waals surface area contributed by atoms with E-state index in [0.29, 0.717) is 22.7 Å². The second-order valence-corrected chi connectivity index (χ2v) is 5.63. The molecule has 26 heavy (non-hydrogen) atoms. The molecule has 0 heterocycles. The molecule has 136 valence electrons. The Morgan fingerprint density at radius 1 is 1.19 bits per heavy atom. The third-order valence-corrected chi connectivity index (χ3v) is 3.56. The number of nitrogens with one attached hydrogen (secondary N) is 2. The van der Waals surface area contributed by atoms with Crippen LogP contribution in [0.1, 0.15) is 5.56 Å². The fourth-order valence-corrected chi connectivity index (χ4v) is 2.26. The van der Waals surface area contributed by atoms with Crippen LogP contribution in [0.3, 0.4) is 0 Å². The molecule has 0 atom stereocenters. The first-order valence-corrected chi connectivity index (χ1v) is 7.92. The highest BCUT2D eigenvalue weighted by molar-refractivity contribution is 7.80. The summed E-state index contributed by atoms with van der Waals surface area (Å²) >= 11 is 5.07. The van der Waals surface area contributed by atoms with Crippen LogP contribution >= 0.6 is 12.2 Å². The minimum absolute atomic E-state index is 0.0177. The van der Waals surface area contributed by atoms with Gasteiger partial charge in [-0.2, -0.15) is 0 Å². The largest absolute Gasteiger partial charge is 0.497 e. The molecule has 0 saturated heterocycles. The first kappa shape index (κ1) is 19.1. The lowest BCUT2D eigenvalue weighted by Crippen LogP contribution is -2.37. The van der Waals surface area contributed by atoms with E-state index in [0.717, 1.165) is 0 Å². The summed E-state index contributed by atoms with van der Waals surface area (Å²) in [5.41, 5.74) is 1.18. The highest BCUT2D eigenvalue weighted by Gasteiger charge is 2.10. The average molecular weight is 375 g/mol. The summed E-state index contributed by atoms with van der Waals surface area (Å²) in [5, 5.41) is 16.1. The number of rotatable bonds is 6. The zero-order valence-corrected chi connectivity index (χ0v) is 15.0. The van der Waals surface area contributed by atoms with Crippen molar-refractivity contribution in [3.63, 3.8) is 0 Å². The number of hydrogen-bond acceptors (Lipinski definition) is 6. The van der Waals surface area contributed by atoms with Crippen molar-refractivity contribution in [3.8, 4) is 11.5 Å². The number of aryl methyl sites for hydroxylation is 1. The van der Waals surface area contributed by atoms with Gasteiger partial charge >= 0.3 is 0 Å². The topological polar surface area (TPSA) is 103 Å². The van der Waals surface area contributed by atoms with Gasteiger partial charge in [0.25, 0.3) is 11.6 Å². The molecule has 0 aliphatic heterocycles. The Labute approximate surface area is 155 Å². The highest BCUT2D eigenvalue weighted by Crippen LogP contribution is 2.21. The number of ether oxygens (including phenoxy) is 2. The van der Waals surface area contributed by atoms with E-state index in [1.807, 2.05) is 0 Å². The predicted molar refractivity (Wildman–Crippen MR) is 101 cm³/mol. The van der Waals surface area contributed by atoms with Crippen molar-refractivity contribution in [1.82, 2.24) is 5.32 Å². The van der Waals surface area contributed by atoms with E-state index in [1.54, 1.807) is 38.3 Å². The Hall–Kier alpha value is -3.20. The molecule has 0 aliphatic rings. The molecule has 0 bridgehead atoms. The van der Waals surface area contributed by atoms with E-state index in [9.17, 15) is 14.9 Å². The highest BCUT2D eigenvalue weighted by atomic mass is 32.1. The number of nitrogens with zero attached hydrogens (tertiary/aromatic N) is 1. The van der Waals surface area contributed by atoms with Crippen LogP contribution in [0.4, 0.5) is 11.4 Å². The minimum atomic E-state index is -0.479. The van der Waals surface area contributed by atoms with E-state index in [-0.39, 0.29) is 17.4 Å². The molecule has 2 rings (SSSR count). The molecule has 2 aromatic carbocycles. The number of methoxy groups -OCH3 is 1. The Morgan fingerprint density at radius 3 is 2.42 bits per heavy atom. The molecule has 0 fully saturated rings. The number of non-ortho nitro benzene ring substituents is 1. The van der Waals surface area contributed by atoms with Crippen molar-refractivity contribution in [2.75, 3.05) is 19.0 Å². The number of nitro benzene ring substituents is 1. The summed E-state index contributed by atoms with van der Waals surface area (Å²) in [6.07, 6.45) is 0. The van der Waals surface area contributed by atoms with Gasteiger partial charge in [0.2, 0.25) is 0 Å². The fraction of sp³-hybridized carbons (Fsp3) is 0.176. The van der Waals surface area contributed by atoms with Crippen molar-refractivity contribution < 1.29 is 19.2 Å². The fourth-order valence-electron chi connectivity index (χ4n) is 2.04. The maximum atomic E-state index is 11.9. The van der Waals surface area contributed by atoms with Crippen LogP contribution in [0.5, 0.6) is 11.5 Å². The summed E-state index contributed by atoms with van der Waals surface area (Å²) in [5.74, 6) is 0.773. The maximum Gasteiger partial charge on any atom is 0.269 e. The van der Waals surface area contributed by atoms with Gasteiger partial charge in [-0.1, -0.05) is 0 Å². The normalized spacial score (nSPS) is 9.92. The standard InChI is InChI=1S/C17H17N3O5S/c1-11-9-12(20(22)23)3-8-15(11)18-17(26)19-16(21)10-25-14-6-4-13(24-2)5-7-14/h3-9H,10H2,1-2H3,(H2,18,19,21,26). The van der Waals surface area contributed by atoms with Gasteiger partial charge in [-0.15, -0.1) is 0 Å². The lowest BCUT2D eigenvalue weighted by Gasteiger charge is -2.12. The molecule has 0 aromatic heterocycles. The summed E-state index contributed by atoms with van der Waals surface area (Å²) in [7, 11) is 1.56. The van der Waals surface area contributed by atoms with Gasteiger partial charge in [0.15, 0.2) is 11.7 Å². The van der Waals surface area contributed by atoms with Gasteiger partial charge in [0.05, 0.1) is 12.0 Å². The summed E-state index contributed by atoms with van der Waals surface area (Å²) in [4.78, 5) is 22.2. The molecule has 9 heteroatoms. The zero-order valence-electron chi connectivity index (χ0n) is 14.1. The SMILES string of the molecule is COc1ccc(OCC(=O)NC(=S)Nc2ccc([N+](=O)[O-])cc2C)cc1. The number of hydrogen-bond donors (Lipinski definition) is 2. The van der Waals surface area contributed by atoms with Crippen LogP contribution in [0.15, 0.2) is 42.5 Å².